The highest BCUT2D eigenvalue weighted by Gasteiger charge is 2.21. The molecule has 4 aromatic carbocycles. The van der Waals surface area contributed by atoms with Gasteiger partial charge < -0.3 is 5.32 Å². The van der Waals surface area contributed by atoms with Gasteiger partial charge in [-0.2, -0.15) is 6.20 Å². The third kappa shape index (κ3) is 6.70. The van der Waals surface area contributed by atoms with Crippen molar-refractivity contribution in [2.24, 2.45) is 0 Å². The molecule has 0 aliphatic carbocycles. The van der Waals surface area contributed by atoms with Crippen molar-refractivity contribution < 1.29 is 0 Å². The molecule has 0 unspecified atom stereocenters. The zero-order valence-electron chi connectivity index (χ0n) is 34.7. The van der Waals surface area contributed by atoms with Gasteiger partial charge in [0.15, 0.2) is 0 Å². The molecule has 1 aliphatic heterocycles. The summed E-state index contributed by atoms with van der Waals surface area (Å²) in [5, 5.41) is 11.7. The van der Waals surface area contributed by atoms with Gasteiger partial charge in [-0.05, 0) is 207 Å². The van der Waals surface area contributed by atoms with Gasteiger partial charge >= 0.3 is 0 Å². The average molecular weight is 776 g/mol. The van der Waals surface area contributed by atoms with Gasteiger partial charge in [0.1, 0.15) is 0 Å². The topological polar surface area (TPSA) is 78.6 Å². The summed E-state index contributed by atoms with van der Waals surface area (Å²) in [7, 11) is 0. The van der Waals surface area contributed by atoms with E-state index in [0.29, 0.717) is 6.54 Å². The second-order valence-corrected chi connectivity index (χ2v) is 16.5. The highest BCUT2D eigenvalue weighted by atomic mass is 14.8. The van der Waals surface area contributed by atoms with Crippen LogP contribution in [0.2, 0.25) is 0 Å². The predicted molar refractivity (Wildman–Crippen MR) is 249 cm³/mol. The number of nitrogens with zero attached hydrogens (tertiary/aromatic N) is 6. The fraction of sp³-hybridized carbons (Fsp3) is 0.130. The van der Waals surface area contributed by atoms with Crippen LogP contribution in [0.1, 0.15) is 40.3 Å². The molecule has 6 heterocycles. The van der Waals surface area contributed by atoms with E-state index in [9.17, 15) is 0 Å². The molecule has 0 amide bonds. The number of fused-ring (bicyclic) bond motifs is 6. The predicted octanol–water partition coefficient (Wildman–Crippen LogP) is 13.7. The Morgan fingerprint density at radius 2 is 0.600 bits per heavy atom. The van der Waals surface area contributed by atoms with Gasteiger partial charge in [-0.1, -0.05) is 11.6 Å². The molecule has 0 saturated carbocycles. The van der Waals surface area contributed by atoms with E-state index in [1.807, 2.05) is 68.2 Å². The fourth-order valence-corrected chi connectivity index (χ4v) is 8.86. The van der Waals surface area contributed by atoms with E-state index < -0.39 is 0 Å². The molecular formula is C54H43N6-. The SMILES string of the molecule is CC1=CC(c2cc3c(cc2-c2cncc(C)c2)c2cc(-c4cncc(C)c4)c(-c4cncc(C)c4)cc2c2cc(-c4cncc(C)c4)c(-c4cncc(C)c4)cc32)=C[N-]C1. The molecule has 0 atom stereocenters. The minimum absolute atomic E-state index is 0.700. The van der Waals surface area contributed by atoms with Gasteiger partial charge in [0.2, 0.25) is 0 Å². The van der Waals surface area contributed by atoms with Crippen LogP contribution in [0.15, 0.2) is 147 Å². The number of allylic oxidation sites excluding steroid dienone is 2. The minimum atomic E-state index is 0.700. The third-order valence-corrected chi connectivity index (χ3v) is 11.6. The smallest absolute Gasteiger partial charge is 0.0346 e. The highest BCUT2D eigenvalue weighted by molar-refractivity contribution is 6.29. The van der Waals surface area contributed by atoms with E-state index in [4.69, 9.17) is 5.32 Å². The standard InChI is InChI=1S/C54H43N6/c1-31-7-37(25-55-19-31)43-13-49-50(14-44(43)38-8-32(2)20-56-26-38)52-16-46(40-10-34(4)22-58-28-40)48(42-12-36(6)24-60-30-42)18-54(52)53-17-47(41-11-35(5)23-59-29-41)45(15-51(49)53)39-9-33(3)21-57-27-39/h7-23,25-30H,24H2,1-6H3/q-1. The quantitative estimate of drug-likeness (QED) is 0.157. The number of rotatable bonds is 6. The molecule has 9 aromatic rings. The Hall–Kier alpha value is -7.31. The van der Waals surface area contributed by atoms with Crippen LogP contribution in [0.3, 0.4) is 0 Å². The Labute approximate surface area is 350 Å². The van der Waals surface area contributed by atoms with Crippen molar-refractivity contribution >= 4 is 37.9 Å². The summed E-state index contributed by atoms with van der Waals surface area (Å²) >= 11 is 0. The number of benzene rings is 4. The number of aryl methyl sites for hydroxylation is 5. The molecule has 0 fully saturated rings. The molecular weight excluding hydrogens is 733 g/mol. The molecule has 1 aliphatic rings. The van der Waals surface area contributed by atoms with Gasteiger partial charge in [0.25, 0.3) is 0 Å². The van der Waals surface area contributed by atoms with Crippen molar-refractivity contribution in [3.63, 3.8) is 0 Å². The number of pyridine rings is 5. The third-order valence-electron chi connectivity index (χ3n) is 11.6. The van der Waals surface area contributed by atoms with Crippen molar-refractivity contribution in [1.82, 2.24) is 24.9 Å². The van der Waals surface area contributed by atoms with Crippen LogP contribution in [-0.2, 0) is 0 Å². The lowest BCUT2D eigenvalue weighted by Gasteiger charge is -2.26. The first-order chi connectivity index (χ1) is 29.2. The summed E-state index contributed by atoms with van der Waals surface area (Å²) in [6, 6.07) is 25.5. The lowest BCUT2D eigenvalue weighted by Crippen LogP contribution is -1.98. The Morgan fingerprint density at radius 3 is 0.867 bits per heavy atom. The van der Waals surface area contributed by atoms with Gasteiger partial charge in [0.05, 0.1) is 0 Å². The minimum Gasteiger partial charge on any atom is -0.687 e. The maximum absolute atomic E-state index is 4.80. The normalized spacial score (nSPS) is 12.8. The molecule has 0 N–H and O–H groups in total. The van der Waals surface area contributed by atoms with E-state index in [0.717, 1.165) is 127 Å². The van der Waals surface area contributed by atoms with Crippen molar-refractivity contribution in [1.29, 1.82) is 0 Å². The van der Waals surface area contributed by atoms with Crippen LogP contribution in [0.5, 0.6) is 0 Å². The Kier molecular flexibility index (Phi) is 9.13. The second-order valence-electron chi connectivity index (χ2n) is 16.5. The van der Waals surface area contributed by atoms with Crippen molar-refractivity contribution in [3.05, 3.63) is 185 Å². The molecule has 60 heavy (non-hydrogen) atoms. The zero-order chi connectivity index (χ0) is 41.1. The summed E-state index contributed by atoms with van der Waals surface area (Å²) in [4.78, 5) is 23.4. The number of hydrogen-bond donors (Lipinski definition) is 0. The van der Waals surface area contributed by atoms with E-state index >= 15 is 0 Å². The van der Waals surface area contributed by atoms with E-state index in [1.54, 1.807) is 0 Å². The molecule has 10 rings (SSSR count). The van der Waals surface area contributed by atoms with E-state index in [1.165, 1.54) is 5.57 Å². The first-order valence-corrected chi connectivity index (χ1v) is 20.4. The summed E-state index contributed by atoms with van der Waals surface area (Å²) in [6.07, 6.45) is 23.8. The number of hydrogen-bond acceptors (Lipinski definition) is 5. The Balaban J connectivity index is 1.43. The molecule has 5 aromatic heterocycles. The van der Waals surface area contributed by atoms with Crippen molar-refractivity contribution in [2.45, 2.75) is 41.5 Å². The van der Waals surface area contributed by atoms with Gasteiger partial charge in [-0.15, -0.1) is 6.54 Å². The molecule has 0 spiro atoms. The molecule has 290 valence electrons. The van der Waals surface area contributed by atoms with Gasteiger partial charge in [-0.25, -0.2) is 0 Å². The molecule has 0 saturated heterocycles. The van der Waals surface area contributed by atoms with Crippen LogP contribution in [0, 0.1) is 34.6 Å². The summed E-state index contributed by atoms with van der Waals surface area (Å²) in [5.74, 6) is 0. The first kappa shape index (κ1) is 37.0. The highest BCUT2D eigenvalue weighted by Crippen LogP contribution is 2.48. The second kappa shape index (κ2) is 14.8. The maximum Gasteiger partial charge on any atom is 0.0346 e. The maximum atomic E-state index is 4.80. The van der Waals surface area contributed by atoms with E-state index in [2.05, 4.69) is 139 Å². The summed E-state index contributed by atoms with van der Waals surface area (Å²) in [6.45, 7) is 13.4. The monoisotopic (exact) mass is 775 g/mol. The Bertz CT molecular complexity index is 3200. The molecule has 6 nitrogen and oxygen atoms in total. The Morgan fingerprint density at radius 1 is 0.333 bits per heavy atom. The van der Waals surface area contributed by atoms with Crippen LogP contribution in [0.25, 0.3) is 98.8 Å². The van der Waals surface area contributed by atoms with Crippen LogP contribution in [-0.4, -0.2) is 31.5 Å². The van der Waals surface area contributed by atoms with Gasteiger partial charge in [-0.3, -0.25) is 24.9 Å². The summed E-state index contributed by atoms with van der Waals surface area (Å²) < 4.78 is 0. The van der Waals surface area contributed by atoms with Crippen LogP contribution >= 0.6 is 0 Å². The van der Waals surface area contributed by atoms with Crippen LogP contribution < -0.4 is 0 Å². The lowest BCUT2D eigenvalue weighted by molar-refractivity contribution is 1.24. The fourth-order valence-electron chi connectivity index (χ4n) is 8.86. The van der Waals surface area contributed by atoms with Gasteiger partial charge in [0, 0.05) is 89.8 Å². The average Bonchev–Trinajstić information content (AvgIpc) is 3.25. The van der Waals surface area contributed by atoms with Crippen molar-refractivity contribution in [3.8, 4) is 55.6 Å². The zero-order valence-corrected chi connectivity index (χ0v) is 34.7. The largest absolute Gasteiger partial charge is 0.687 e. The number of aromatic nitrogens is 5. The lowest BCUT2D eigenvalue weighted by atomic mass is 9.82. The van der Waals surface area contributed by atoms with E-state index in [-0.39, 0.29) is 0 Å². The summed E-state index contributed by atoms with van der Waals surface area (Å²) in [5.41, 5.74) is 19.8. The first-order valence-electron chi connectivity index (χ1n) is 20.4. The van der Waals surface area contributed by atoms with Crippen LogP contribution in [0.4, 0.5) is 0 Å². The van der Waals surface area contributed by atoms with Crippen molar-refractivity contribution in [2.75, 3.05) is 6.54 Å². The molecule has 0 bridgehead atoms. The molecule has 6 heteroatoms. The molecule has 0 radical (unpaired) electrons.